The minimum absolute atomic E-state index is 0.274. The van der Waals surface area contributed by atoms with E-state index in [1.165, 1.54) is 16.7 Å². The molecule has 20 heavy (non-hydrogen) atoms. The molecule has 106 valence electrons. The molecule has 0 saturated heterocycles. The largest absolute Gasteiger partial charge is 0.313 e. The first-order valence-electron chi connectivity index (χ1n) is 6.38. The molecule has 0 aliphatic heterocycles. The van der Waals surface area contributed by atoms with Crippen molar-refractivity contribution in [3.05, 3.63) is 66.5 Å². The Bertz CT molecular complexity index is 611. The van der Waals surface area contributed by atoms with Crippen LogP contribution in [0, 0.1) is 6.92 Å². The molecular formula is C16H16Br3N. The molecule has 2 rings (SSSR count). The molecule has 0 aliphatic rings. The fourth-order valence-electron chi connectivity index (χ4n) is 2.20. The van der Waals surface area contributed by atoms with E-state index in [1.807, 2.05) is 7.05 Å². The van der Waals surface area contributed by atoms with Crippen LogP contribution in [0.3, 0.4) is 0 Å². The molecule has 0 aromatic heterocycles. The minimum atomic E-state index is 0.274. The number of hydrogen-bond donors (Lipinski definition) is 1. The fraction of sp³-hybridized carbons (Fsp3) is 0.250. The van der Waals surface area contributed by atoms with Gasteiger partial charge < -0.3 is 5.32 Å². The Balaban J connectivity index is 2.31. The van der Waals surface area contributed by atoms with E-state index in [0.29, 0.717) is 0 Å². The van der Waals surface area contributed by atoms with Gasteiger partial charge >= 0.3 is 0 Å². The van der Waals surface area contributed by atoms with Crippen LogP contribution in [0.5, 0.6) is 0 Å². The number of rotatable bonds is 4. The Morgan fingerprint density at radius 2 is 1.80 bits per heavy atom. The van der Waals surface area contributed by atoms with Crippen LogP contribution in [-0.2, 0) is 6.42 Å². The Labute approximate surface area is 145 Å². The first-order chi connectivity index (χ1) is 9.51. The minimum Gasteiger partial charge on any atom is -0.313 e. The van der Waals surface area contributed by atoms with Gasteiger partial charge in [-0.05, 0) is 61.3 Å². The highest BCUT2D eigenvalue weighted by Gasteiger charge is 2.15. The molecular weight excluding hydrogens is 446 g/mol. The predicted octanol–water partition coefficient (Wildman–Crippen LogP) is 5.79. The second kappa shape index (κ2) is 7.21. The maximum Gasteiger partial charge on any atom is 0.0370 e. The summed E-state index contributed by atoms with van der Waals surface area (Å²) in [6.45, 7) is 2.10. The van der Waals surface area contributed by atoms with Crippen molar-refractivity contribution in [3.63, 3.8) is 0 Å². The van der Waals surface area contributed by atoms with Crippen molar-refractivity contribution in [1.82, 2.24) is 5.32 Å². The quantitative estimate of drug-likeness (QED) is 0.608. The molecule has 0 spiro atoms. The van der Waals surface area contributed by atoms with E-state index in [9.17, 15) is 0 Å². The highest BCUT2D eigenvalue weighted by molar-refractivity contribution is 9.11. The van der Waals surface area contributed by atoms with E-state index >= 15 is 0 Å². The molecule has 0 heterocycles. The molecule has 1 N–H and O–H groups in total. The number of aryl methyl sites for hydroxylation is 1. The van der Waals surface area contributed by atoms with E-state index in [0.717, 1.165) is 19.8 Å². The second-order valence-electron chi connectivity index (χ2n) is 4.80. The van der Waals surface area contributed by atoms with Crippen LogP contribution in [0.2, 0.25) is 0 Å². The highest BCUT2D eigenvalue weighted by atomic mass is 79.9. The topological polar surface area (TPSA) is 12.0 Å². The van der Waals surface area contributed by atoms with Crippen LogP contribution in [0.15, 0.2) is 49.8 Å². The summed E-state index contributed by atoms with van der Waals surface area (Å²) in [6.07, 6.45) is 0.948. The van der Waals surface area contributed by atoms with Crippen molar-refractivity contribution in [2.45, 2.75) is 19.4 Å². The van der Waals surface area contributed by atoms with Crippen molar-refractivity contribution in [1.29, 1.82) is 0 Å². The first kappa shape index (κ1) is 16.2. The normalized spacial score (nSPS) is 12.4. The standard InChI is InChI=1S/C16H16Br3N/c1-10-6-15(19)13(9-14(10)18)16(20-2)8-11-4-3-5-12(17)7-11/h3-7,9,16,20H,8H2,1-2H3. The Morgan fingerprint density at radius 3 is 2.45 bits per heavy atom. The molecule has 1 nitrogen and oxygen atoms in total. The predicted molar refractivity (Wildman–Crippen MR) is 96.2 cm³/mol. The molecule has 4 heteroatoms. The molecule has 0 saturated carbocycles. The third kappa shape index (κ3) is 3.94. The van der Waals surface area contributed by atoms with Crippen LogP contribution in [0.1, 0.15) is 22.7 Å². The van der Waals surface area contributed by atoms with Crippen molar-refractivity contribution >= 4 is 47.8 Å². The Morgan fingerprint density at radius 1 is 1.05 bits per heavy atom. The molecule has 0 fully saturated rings. The van der Waals surface area contributed by atoms with E-state index in [1.54, 1.807) is 0 Å². The van der Waals surface area contributed by atoms with Gasteiger partial charge in [0.2, 0.25) is 0 Å². The number of likely N-dealkylation sites (N-methyl/N-ethyl adjacent to an activating group) is 1. The molecule has 0 amide bonds. The summed E-state index contributed by atoms with van der Waals surface area (Å²) in [5.74, 6) is 0. The lowest BCUT2D eigenvalue weighted by Crippen LogP contribution is -2.19. The lowest BCUT2D eigenvalue weighted by atomic mass is 9.98. The third-order valence-corrected chi connectivity index (χ3v) is 5.37. The average Bonchev–Trinajstić information content (AvgIpc) is 2.40. The van der Waals surface area contributed by atoms with E-state index < -0.39 is 0 Å². The lowest BCUT2D eigenvalue weighted by molar-refractivity contribution is 0.589. The summed E-state index contributed by atoms with van der Waals surface area (Å²) in [5.41, 5.74) is 3.81. The Hall–Kier alpha value is -0.160. The molecule has 1 atom stereocenters. The monoisotopic (exact) mass is 459 g/mol. The summed E-state index contributed by atoms with van der Waals surface area (Å²) in [6, 6.07) is 13.1. The maximum absolute atomic E-state index is 3.68. The molecule has 0 radical (unpaired) electrons. The van der Waals surface area contributed by atoms with Gasteiger partial charge in [-0.3, -0.25) is 0 Å². The fourth-order valence-corrected chi connectivity index (χ4v) is 3.74. The first-order valence-corrected chi connectivity index (χ1v) is 8.76. The molecule has 0 bridgehead atoms. The summed E-state index contributed by atoms with van der Waals surface area (Å²) < 4.78 is 3.41. The number of hydrogen-bond acceptors (Lipinski definition) is 1. The SMILES string of the molecule is CNC(Cc1cccc(Br)c1)c1cc(Br)c(C)cc1Br. The van der Waals surface area contributed by atoms with Crippen molar-refractivity contribution in [2.75, 3.05) is 7.05 Å². The zero-order chi connectivity index (χ0) is 14.7. The van der Waals surface area contributed by atoms with E-state index in [-0.39, 0.29) is 6.04 Å². The number of halogens is 3. The van der Waals surface area contributed by atoms with E-state index in [4.69, 9.17) is 0 Å². The third-order valence-electron chi connectivity index (χ3n) is 3.33. The van der Waals surface area contributed by atoms with Crippen LogP contribution in [0.25, 0.3) is 0 Å². The van der Waals surface area contributed by atoms with Crippen molar-refractivity contribution < 1.29 is 0 Å². The van der Waals surface area contributed by atoms with Crippen LogP contribution in [0.4, 0.5) is 0 Å². The van der Waals surface area contributed by atoms with Crippen molar-refractivity contribution in [3.8, 4) is 0 Å². The van der Waals surface area contributed by atoms with Gasteiger partial charge in [0.25, 0.3) is 0 Å². The van der Waals surface area contributed by atoms with Crippen LogP contribution < -0.4 is 5.32 Å². The summed E-state index contributed by atoms with van der Waals surface area (Å²) in [5, 5.41) is 3.41. The second-order valence-corrected chi connectivity index (χ2v) is 7.42. The highest BCUT2D eigenvalue weighted by Crippen LogP contribution is 2.31. The van der Waals surface area contributed by atoms with Crippen LogP contribution >= 0.6 is 47.8 Å². The smallest absolute Gasteiger partial charge is 0.0370 e. The zero-order valence-electron chi connectivity index (χ0n) is 11.4. The summed E-state index contributed by atoms with van der Waals surface area (Å²) in [7, 11) is 2.00. The van der Waals surface area contributed by atoms with Gasteiger partial charge in [0.1, 0.15) is 0 Å². The average molecular weight is 462 g/mol. The molecule has 2 aromatic rings. The maximum atomic E-state index is 3.68. The Kier molecular flexibility index (Phi) is 5.84. The van der Waals surface area contributed by atoms with Gasteiger partial charge in [0.15, 0.2) is 0 Å². The summed E-state index contributed by atoms with van der Waals surface area (Å²) >= 11 is 10.8. The molecule has 0 aliphatic carbocycles. The lowest BCUT2D eigenvalue weighted by Gasteiger charge is -2.19. The van der Waals surface area contributed by atoms with Crippen LogP contribution in [-0.4, -0.2) is 7.05 Å². The molecule has 2 aromatic carbocycles. The van der Waals surface area contributed by atoms with Gasteiger partial charge in [-0.1, -0.05) is 59.9 Å². The summed E-state index contributed by atoms with van der Waals surface area (Å²) in [4.78, 5) is 0. The van der Waals surface area contributed by atoms with Gasteiger partial charge in [0.05, 0.1) is 0 Å². The number of nitrogens with one attached hydrogen (secondary N) is 1. The molecule has 1 unspecified atom stereocenters. The van der Waals surface area contributed by atoms with Gasteiger partial charge in [-0.15, -0.1) is 0 Å². The van der Waals surface area contributed by atoms with Gasteiger partial charge in [0, 0.05) is 19.5 Å². The van der Waals surface area contributed by atoms with Gasteiger partial charge in [-0.25, -0.2) is 0 Å². The van der Waals surface area contributed by atoms with Gasteiger partial charge in [-0.2, -0.15) is 0 Å². The zero-order valence-corrected chi connectivity index (χ0v) is 16.1. The number of benzene rings is 2. The van der Waals surface area contributed by atoms with E-state index in [2.05, 4.69) is 96.4 Å². The van der Waals surface area contributed by atoms with Crippen molar-refractivity contribution in [2.24, 2.45) is 0 Å².